The molecule has 0 unspecified atom stereocenters. The predicted molar refractivity (Wildman–Crippen MR) is 61.7 cm³/mol. The summed E-state index contributed by atoms with van der Waals surface area (Å²) in [5.74, 6) is -2.88. The highest BCUT2D eigenvalue weighted by Gasteiger charge is 2.41. The first kappa shape index (κ1) is 14.7. The minimum Gasteiger partial charge on any atom is -0.282 e. The van der Waals surface area contributed by atoms with Crippen molar-refractivity contribution in [1.29, 1.82) is 0 Å². The quantitative estimate of drug-likeness (QED) is 0.627. The molecule has 2 rings (SSSR count). The van der Waals surface area contributed by atoms with E-state index in [1.54, 1.807) is 0 Å². The Balaban J connectivity index is 2.47. The van der Waals surface area contributed by atoms with Crippen LogP contribution in [0.3, 0.4) is 0 Å². The Bertz CT molecular complexity index is 660. The number of rotatable bonds is 2. The van der Waals surface area contributed by atoms with Gasteiger partial charge in [-0.1, -0.05) is 28.4 Å². The molecule has 0 atom stereocenters. The molecule has 1 heterocycles. The standard InChI is InChI=1S/C10H3Cl2F4N3O/c11-5-1-4(13)2-6(12)8(5)19-3-7(17-18-19)9(20)10(14,15)16/h1-3H. The summed E-state index contributed by atoms with van der Waals surface area (Å²) in [6, 6.07) is 1.80. The van der Waals surface area contributed by atoms with Crippen LogP contribution in [0.25, 0.3) is 5.69 Å². The van der Waals surface area contributed by atoms with E-state index in [1.165, 1.54) is 0 Å². The molecule has 0 aliphatic heterocycles. The van der Waals surface area contributed by atoms with Crippen molar-refractivity contribution in [3.63, 3.8) is 0 Å². The van der Waals surface area contributed by atoms with Gasteiger partial charge in [-0.05, 0) is 12.1 Å². The highest BCUT2D eigenvalue weighted by atomic mass is 35.5. The summed E-state index contributed by atoms with van der Waals surface area (Å²) in [7, 11) is 0. The lowest BCUT2D eigenvalue weighted by Crippen LogP contribution is -2.23. The van der Waals surface area contributed by atoms with Crippen molar-refractivity contribution in [3.8, 4) is 5.69 Å². The lowest BCUT2D eigenvalue weighted by atomic mass is 10.3. The van der Waals surface area contributed by atoms with Gasteiger partial charge in [-0.25, -0.2) is 9.07 Å². The van der Waals surface area contributed by atoms with Crippen LogP contribution in [0.1, 0.15) is 10.5 Å². The first-order chi connectivity index (χ1) is 9.20. The van der Waals surface area contributed by atoms with Crippen LogP contribution in [-0.2, 0) is 0 Å². The normalized spacial score (nSPS) is 11.7. The lowest BCUT2D eigenvalue weighted by molar-refractivity contribution is -0.0888. The van der Waals surface area contributed by atoms with Crippen molar-refractivity contribution in [2.75, 3.05) is 0 Å². The smallest absolute Gasteiger partial charge is 0.282 e. The molecule has 4 nitrogen and oxygen atoms in total. The molecule has 0 amide bonds. The molecule has 0 spiro atoms. The number of aromatic nitrogens is 3. The molecule has 1 aromatic carbocycles. The Kier molecular flexibility index (Phi) is 3.70. The highest BCUT2D eigenvalue weighted by molar-refractivity contribution is 6.37. The van der Waals surface area contributed by atoms with E-state index in [0.717, 1.165) is 16.8 Å². The second-order valence-electron chi connectivity index (χ2n) is 3.59. The van der Waals surface area contributed by atoms with Gasteiger partial charge in [-0.3, -0.25) is 4.79 Å². The van der Waals surface area contributed by atoms with Gasteiger partial charge in [0, 0.05) is 0 Å². The number of benzene rings is 1. The molecule has 106 valence electrons. The molecule has 10 heteroatoms. The van der Waals surface area contributed by atoms with E-state index in [4.69, 9.17) is 23.2 Å². The summed E-state index contributed by atoms with van der Waals surface area (Å²) in [5, 5.41) is 6.04. The number of Topliss-reactive ketones (excluding diaryl/α,β-unsaturated/α-hetero) is 1. The molecular formula is C10H3Cl2F4N3O. The van der Waals surface area contributed by atoms with Crippen LogP contribution in [0, 0.1) is 5.82 Å². The van der Waals surface area contributed by atoms with Crippen LogP contribution in [0.5, 0.6) is 0 Å². The fraction of sp³-hybridized carbons (Fsp3) is 0.100. The number of carbonyl (C=O) groups excluding carboxylic acids is 1. The number of hydrogen-bond acceptors (Lipinski definition) is 3. The zero-order chi connectivity index (χ0) is 15.1. The Labute approximate surface area is 118 Å². The summed E-state index contributed by atoms with van der Waals surface area (Å²) in [5.41, 5.74) is -1.00. The summed E-state index contributed by atoms with van der Waals surface area (Å²) < 4.78 is 50.5. The molecule has 0 radical (unpaired) electrons. The van der Waals surface area contributed by atoms with Crippen molar-refractivity contribution in [1.82, 2.24) is 15.0 Å². The number of ketones is 1. The topological polar surface area (TPSA) is 47.8 Å². The number of alkyl halides is 3. The molecule has 0 aliphatic carbocycles. The zero-order valence-electron chi connectivity index (χ0n) is 9.25. The molecule has 0 N–H and O–H groups in total. The minimum absolute atomic E-state index is 0.0801. The van der Waals surface area contributed by atoms with Gasteiger partial charge in [-0.15, -0.1) is 5.10 Å². The van der Waals surface area contributed by atoms with Crippen LogP contribution in [0.4, 0.5) is 17.6 Å². The van der Waals surface area contributed by atoms with Gasteiger partial charge in [0.05, 0.1) is 16.2 Å². The third-order valence-electron chi connectivity index (χ3n) is 2.19. The largest absolute Gasteiger partial charge is 0.456 e. The average molecular weight is 328 g/mol. The fourth-order valence-electron chi connectivity index (χ4n) is 1.38. The monoisotopic (exact) mass is 327 g/mol. The minimum atomic E-state index is -5.07. The second kappa shape index (κ2) is 5.02. The molecule has 20 heavy (non-hydrogen) atoms. The predicted octanol–water partition coefficient (Wildman–Crippen LogP) is 3.46. The Morgan fingerprint density at radius 3 is 2.25 bits per heavy atom. The first-order valence-corrected chi connectivity index (χ1v) is 5.64. The number of halogens is 6. The van der Waals surface area contributed by atoms with E-state index < -0.39 is 23.5 Å². The van der Waals surface area contributed by atoms with Crippen molar-refractivity contribution in [2.24, 2.45) is 0 Å². The number of hydrogen-bond donors (Lipinski definition) is 0. The van der Waals surface area contributed by atoms with Crippen LogP contribution in [0.15, 0.2) is 18.3 Å². The number of nitrogens with zero attached hydrogens (tertiary/aromatic N) is 3. The van der Waals surface area contributed by atoms with E-state index in [9.17, 15) is 22.4 Å². The first-order valence-electron chi connectivity index (χ1n) is 4.89. The van der Waals surface area contributed by atoms with Crippen molar-refractivity contribution < 1.29 is 22.4 Å². The van der Waals surface area contributed by atoms with E-state index in [1.807, 2.05) is 0 Å². The molecule has 0 saturated heterocycles. The van der Waals surface area contributed by atoms with Gasteiger partial charge >= 0.3 is 6.18 Å². The molecule has 2 aromatic rings. The maximum Gasteiger partial charge on any atom is 0.456 e. The lowest BCUT2D eigenvalue weighted by Gasteiger charge is -2.05. The maximum atomic E-state index is 13.0. The van der Waals surface area contributed by atoms with Gasteiger partial charge in [0.15, 0.2) is 5.69 Å². The molecule has 0 fully saturated rings. The van der Waals surface area contributed by atoms with Gasteiger partial charge < -0.3 is 0 Å². The average Bonchev–Trinajstić information content (AvgIpc) is 2.74. The Hall–Kier alpha value is -1.67. The van der Waals surface area contributed by atoms with Gasteiger partial charge in [-0.2, -0.15) is 13.2 Å². The maximum absolute atomic E-state index is 13.0. The molecular weight excluding hydrogens is 325 g/mol. The summed E-state index contributed by atoms with van der Waals surface area (Å²) in [4.78, 5) is 11.0. The summed E-state index contributed by atoms with van der Waals surface area (Å²) in [6.07, 6.45) is -4.36. The fourth-order valence-corrected chi connectivity index (χ4v) is 2.01. The van der Waals surface area contributed by atoms with Crippen LogP contribution in [-0.4, -0.2) is 27.0 Å². The van der Waals surface area contributed by atoms with E-state index in [-0.39, 0.29) is 15.7 Å². The van der Waals surface area contributed by atoms with Gasteiger partial charge in [0.25, 0.3) is 5.78 Å². The molecule has 0 saturated carbocycles. The van der Waals surface area contributed by atoms with Crippen LogP contribution < -0.4 is 0 Å². The molecule has 0 bridgehead atoms. The molecule has 1 aromatic heterocycles. The van der Waals surface area contributed by atoms with E-state index >= 15 is 0 Å². The van der Waals surface area contributed by atoms with E-state index in [2.05, 4.69) is 10.3 Å². The van der Waals surface area contributed by atoms with Gasteiger partial charge in [0.1, 0.15) is 11.5 Å². The van der Waals surface area contributed by atoms with Crippen LogP contribution >= 0.6 is 23.2 Å². The Morgan fingerprint density at radius 2 is 1.75 bits per heavy atom. The zero-order valence-corrected chi connectivity index (χ0v) is 10.8. The highest BCUT2D eigenvalue weighted by Crippen LogP contribution is 2.29. The van der Waals surface area contributed by atoms with Crippen molar-refractivity contribution in [2.45, 2.75) is 6.18 Å². The summed E-state index contributed by atoms with van der Waals surface area (Å²) in [6.45, 7) is 0. The van der Waals surface area contributed by atoms with Crippen molar-refractivity contribution >= 4 is 29.0 Å². The van der Waals surface area contributed by atoms with Crippen molar-refractivity contribution in [3.05, 3.63) is 39.9 Å². The Morgan fingerprint density at radius 1 is 1.20 bits per heavy atom. The number of carbonyl (C=O) groups is 1. The van der Waals surface area contributed by atoms with Gasteiger partial charge in [0.2, 0.25) is 0 Å². The third-order valence-corrected chi connectivity index (χ3v) is 2.77. The van der Waals surface area contributed by atoms with Crippen LogP contribution in [0.2, 0.25) is 10.0 Å². The molecule has 0 aliphatic rings. The SMILES string of the molecule is O=C(c1cn(-c2c(Cl)cc(F)cc2Cl)nn1)C(F)(F)F. The third kappa shape index (κ3) is 2.75. The van der Waals surface area contributed by atoms with E-state index in [0.29, 0.717) is 6.20 Å². The summed E-state index contributed by atoms with van der Waals surface area (Å²) >= 11 is 11.5. The second-order valence-corrected chi connectivity index (χ2v) is 4.41.